The number of hydrogen-bond donors (Lipinski definition) is 0. The summed E-state index contributed by atoms with van der Waals surface area (Å²) in [5, 5.41) is 8.20. The summed E-state index contributed by atoms with van der Waals surface area (Å²) in [4.78, 5) is 25.2. The summed E-state index contributed by atoms with van der Waals surface area (Å²) in [5.74, 6) is -1.31. The van der Waals surface area contributed by atoms with Gasteiger partial charge in [-0.05, 0) is 44.4 Å². The highest BCUT2D eigenvalue weighted by Gasteiger charge is 2.54. The summed E-state index contributed by atoms with van der Waals surface area (Å²) in [6.07, 6.45) is 1.44. The number of carbonyl (C=O) groups excluding carboxylic acids is 2. The summed E-state index contributed by atoms with van der Waals surface area (Å²) in [7, 11) is 1.25. The molecule has 0 amide bonds. The lowest BCUT2D eigenvalue weighted by Crippen LogP contribution is -2.55. The van der Waals surface area contributed by atoms with Crippen LogP contribution in [0.25, 0.3) is 0 Å². The van der Waals surface area contributed by atoms with Crippen molar-refractivity contribution in [2.24, 2.45) is 5.41 Å². The van der Waals surface area contributed by atoms with Gasteiger partial charge in [-0.2, -0.15) is 0 Å². The largest absolute Gasteiger partial charge is 0.468 e. The molecule has 0 N–H and O–H groups in total. The van der Waals surface area contributed by atoms with Crippen LogP contribution in [0, 0.1) is 11.2 Å². The average molecular weight is 401 g/mol. The van der Waals surface area contributed by atoms with Crippen LogP contribution in [0.1, 0.15) is 31.5 Å². The highest BCUT2D eigenvalue weighted by atomic mass is 19.1. The number of ketones is 1. The van der Waals surface area contributed by atoms with Crippen molar-refractivity contribution in [3.05, 3.63) is 59.7 Å². The molecule has 0 aliphatic carbocycles. The minimum absolute atomic E-state index is 0.259. The Morgan fingerprint density at radius 3 is 2.90 bits per heavy atom. The van der Waals surface area contributed by atoms with Crippen molar-refractivity contribution in [1.29, 1.82) is 0 Å². The van der Waals surface area contributed by atoms with Gasteiger partial charge in [-0.3, -0.25) is 9.59 Å². The Kier molecular flexibility index (Phi) is 5.93. The van der Waals surface area contributed by atoms with E-state index in [4.69, 9.17) is 9.47 Å². The van der Waals surface area contributed by atoms with Gasteiger partial charge in [0, 0.05) is 11.8 Å². The lowest BCUT2D eigenvalue weighted by molar-refractivity contribution is -0.175. The Morgan fingerprint density at radius 1 is 1.45 bits per heavy atom. The second-order valence-electron chi connectivity index (χ2n) is 7.39. The topological polar surface area (TPSA) is 83.3 Å². The zero-order valence-corrected chi connectivity index (χ0v) is 16.7. The SMILES string of the molecule is C=C1C(=O)[C@](C)(C(=O)OC)[C@@H](CCc2cn(Cc3cccc(F)c3)nn2)O[C@H]1C. The molecule has 1 saturated heterocycles. The van der Waals surface area contributed by atoms with Gasteiger partial charge in [0.25, 0.3) is 0 Å². The van der Waals surface area contributed by atoms with E-state index in [2.05, 4.69) is 16.9 Å². The molecule has 1 aliphatic rings. The van der Waals surface area contributed by atoms with Crippen molar-refractivity contribution in [2.45, 2.75) is 45.4 Å². The van der Waals surface area contributed by atoms with E-state index >= 15 is 0 Å². The Hall–Kier alpha value is -2.87. The summed E-state index contributed by atoms with van der Waals surface area (Å²) in [6, 6.07) is 6.28. The third-order valence-corrected chi connectivity index (χ3v) is 5.36. The lowest BCUT2D eigenvalue weighted by Gasteiger charge is -2.41. The molecule has 1 fully saturated rings. The molecule has 2 aromatic rings. The average Bonchev–Trinajstić information content (AvgIpc) is 3.14. The number of ether oxygens (including phenoxy) is 2. The fourth-order valence-electron chi connectivity index (χ4n) is 3.55. The summed E-state index contributed by atoms with van der Waals surface area (Å²) in [6.45, 7) is 7.41. The maximum atomic E-state index is 13.3. The zero-order chi connectivity index (χ0) is 21.2. The number of methoxy groups -OCH3 is 1. The number of rotatable bonds is 6. The molecule has 2 heterocycles. The van der Waals surface area contributed by atoms with Crippen LogP contribution >= 0.6 is 0 Å². The van der Waals surface area contributed by atoms with Crippen molar-refractivity contribution < 1.29 is 23.5 Å². The maximum Gasteiger partial charge on any atom is 0.322 e. The van der Waals surface area contributed by atoms with E-state index < -0.39 is 23.6 Å². The van der Waals surface area contributed by atoms with Crippen LogP contribution in [-0.4, -0.2) is 46.1 Å². The molecule has 154 valence electrons. The molecular weight excluding hydrogens is 377 g/mol. The van der Waals surface area contributed by atoms with Gasteiger partial charge in [-0.15, -0.1) is 5.10 Å². The molecule has 0 saturated carbocycles. The van der Waals surface area contributed by atoms with E-state index in [1.807, 2.05) is 6.07 Å². The van der Waals surface area contributed by atoms with Crippen LogP contribution in [0.2, 0.25) is 0 Å². The fourth-order valence-corrected chi connectivity index (χ4v) is 3.55. The second-order valence-corrected chi connectivity index (χ2v) is 7.39. The van der Waals surface area contributed by atoms with Gasteiger partial charge in [0.2, 0.25) is 0 Å². The minimum atomic E-state index is -1.45. The molecule has 1 aromatic carbocycles. The summed E-state index contributed by atoms with van der Waals surface area (Å²) >= 11 is 0. The maximum absolute atomic E-state index is 13.3. The van der Waals surface area contributed by atoms with Gasteiger partial charge >= 0.3 is 5.97 Å². The van der Waals surface area contributed by atoms with Crippen molar-refractivity contribution in [3.63, 3.8) is 0 Å². The quantitative estimate of drug-likeness (QED) is 0.420. The number of halogens is 1. The smallest absolute Gasteiger partial charge is 0.322 e. The second kappa shape index (κ2) is 8.24. The third-order valence-electron chi connectivity index (χ3n) is 5.36. The van der Waals surface area contributed by atoms with Crippen LogP contribution in [-0.2, 0) is 32.0 Å². The summed E-state index contributed by atoms with van der Waals surface area (Å²) in [5.41, 5.74) is 0.265. The number of aromatic nitrogens is 3. The fraction of sp³-hybridized carbons (Fsp3) is 0.429. The number of hydrogen-bond acceptors (Lipinski definition) is 6. The van der Waals surface area contributed by atoms with E-state index in [-0.39, 0.29) is 17.2 Å². The molecule has 8 heteroatoms. The number of esters is 1. The van der Waals surface area contributed by atoms with Crippen LogP contribution < -0.4 is 0 Å². The zero-order valence-electron chi connectivity index (χ0n) is 16.7. The molecule has 0 unspecified atom stereocenters. The Bertz CT molecular complexity index is 942. The number of benzene rings is 1. The first-order chi connectivity index (χ1) is 13.8. The van der Waals surface area contributed by atoms with Gasteiger partial charge in [0.05, 0.1) is 31.6 Å². The van der Waals surface area contributed by atoms with E-state index in [9.17, 15) is 14.0 Å². The van der Waals surface area contributed by atoms with Crippen LogP contribution in [0.4, 0.5) is 4.39 Å². The van der Waals surface area contributed by atoms with E-state index in [0.717, 1.165) is 5.56 Å². The molecule has 3 rings (SSSR count). The van der Waals surface area contributed by atoms with Crippen LogP contribution in [0.15, 0.2) is 42.6 Å². The van der Waals surface area contributed by atoms with Crippen LogP contribution in [0.3, 0.4) is 0 Å². The molecular formula is C21H24FN3O4. The van der Waals surface area contributed by atoms with E-state index in [1.54, 1.807) is 23.9 Å². The monoisotopic (exact) mass is 401 g/mol. The van der Waals surface area contributed by atoms with Crippen molar-refractivity contribution >= 4 is 11.8 Å². The molecule has 0 spiro atoms. The first-order valence-electron chi connectivity index (χ1n) is 9.36. The van der Waals surface area contributed by atoms with Crippen molar-refractivity contribution in [1.82, 2.24) is 15.0 Å². The highest BCUT2D eigenvalue weighted by Crippen LogP contribution is 2.39. The summed E-state index contributed by atoms with van der Waals surface area (Å²) < 4.78 is 25.7. The standard InChI is InChI=1S/C21H24FN3O4/c1-13-14(2)29-18(21(3,19(13)26)20(27)28-4)9-8-17-12-25(24-23-17)11-15-6-5-7-16(22)10-15/h5-7,10,12,14,18H,1,8-9,11H2,2-4H3/t14-,18+,21+/m0/s1. The first-order valence-corrected chi connectivity index (χ1v) is 9.36. The normalized spacial score (nSPS) is 24.6. The number of nitrogens with zero attached hydrogens (tertiary/aromatic N) is 3. The number of Topliss-reactive ketones (excluding diaryl/α,β-unsaturated/α-hetero) is 1. The van der Waals surface area contributed by atoms with Crippen molar-refractivity contribution in [3.8, 4) is 0 Å². The van der Waals surface area contributed by atoms with Gasteiger partial charge < -0.3 is 9.47 Å². The third kappa shape index (κ3) is 4.12. The molecule has 1 aromatic heterocycles. The Balaban J connectivity index is 1.71. The van der Waals surface area contributed by atoms with Gasteiger partial charge in [0.15, 0.2) is 11.2 Å². The molecule has 1 aliphatic heterocycles. The van der Waals surface area contributed by atoms with Crippen molar-refractivity contribution in [2.75, 3.05) is 7.11 Å². The van der Waals surface area contributed by atoms with E-state index in [0.29, 0.717) is 25.1 Å². The van der Waals surface area contributed by atoms with E-state index in [1.165, 1.54) is 26.2 Å². The minimum Gasteiger partial charge on any atom is -0.468 e. The Morgan fingerprint density at radius 2 is 2.21 bits per heavy atom. The first kappa shape index (κ1) is 20.9. The molecule has 0 radical (unpaired) electrons. The molecule has 0 bridgehead atoms. The van der Waals surface area contributed by atoms with Gasteiger partial charge in [-0.25, -0.2) is 9.07 Å². The lowest BCUT2D eigenvalue weighted by atomic mass is 9.72. The van der Waals surface area contributed by atoms with Gasteiger partial charge in [-0.1, -0.05) is 23.9 Å². The molecule has 7 nitrogen and oxygen atoms in total. The number of carbonyl (C=O) groups is 2. The number of aryl methyl sites for hydroxylation is 1. The highest BCUT2D eigenvalue weighted by molar-refractivity contribution is 6.13. The molecule has 29 heavy (non-hydrogen) atoms. The van der Waals surface area contributed by atoms with Gasteiger partial charge in [0.1, 0.15) is 5.82 Å². The molecule has 3 atom stereocenters. The Labute approximate surface area is 168 Å². The predicted octanol–water partition coefficient (Wildman–Crippen LogP) is 2.49. The predicted molar refractivity (Wildman–Crippen MR) is 102 cm³/mol. The van der Waals surface area contributed by atoms with Crippen LogP contribution in [0.5, 0.6) is 0 Å².